The highest BCUT2D eigenvalue weighted by Crippen LogP contribution is 2.41. The summed E-state index contributed by atoms with van der Waals surface area (Å²) in [7, 11) is 0. The third-order valence-electron chi connectivity index (χ3n) is 4.55. The van der Waals surface area contributed by atoms with Gasteiger partial charge in [-0.3, -0.25) is 14.9 Å². The number of thiophene rings is 1. The Balaban J connectivity index is 2.07. The van der Waals surface area contributed by atoms with Crippen molar-refractivity contribution >= 4 is 33.9 Å². The number of nitro groups is 1. The van der Waals surface area contributed by atoms with E-state index in [4.69, 9.17) is 4.74 Å². The van der Waals surface area contributed by atoms with Crippen LogP contribution < -0.4 is 5.32 Å². The van der Waals surface area contributed by atoms with Crippen molar-refractivity contribution in [2.45, 2.75) is 20.8 Å². The highest BCUT2D eigenvalue weighted by molar-refractivity contribution is 7.17. The Morgan fingerprint density at radius 1 is 1.10 bits per heavy atom. The van der Waals surface area contributed by atoms with Gasteiger partial charge in [0.2, 0.25) is 0 Å². The average Bonchev–Trinajstić information content (AvgIpc) is 3.04. The number of aryl methyl sites for hydroxylation is 2. The standard InChI is InChI=1S/C22H20N2O5S/c1-4-29-22(26)19-18(15-9-11-16(12-10-15)24(27)28)14(3)30-21(19)23-20(25)17-8-6-5-7-13(17)2/h5-12H,4H2,1-3H3,(H,23,25). The number of carbonyl (C=O) groups excluding carboxylic acids is 2. The van der Waals surface area contributed by atoms with Gasteiger partial charge in [-0.25, -0.2) is 4.79 Å². The quantitative estimate of drug-likeness (QED) is 0.326. The lowest BCUT2D eigenvalue weighted by Crippen LogP contribution is -2.15. The van der Waals surface area contributed by atoms with E-state index >= 15 is 0 Å². The Labute approximate surface area is 177 Å². The van der Waals surface area contributed by atoms with E-state index in [1.165, 1.54) is 23.5 Å². The minimum absolute atomic E-state index is 0.0441. The van der Waals surface area contributed by atoms with E-state index in [-0.39, 0.29) is 23.8 Å². The smallest absolute Gasteiger partial charge is 0.341 e. The summed E-state index contributed by atoms with van der Waals surface area (Å²) in [5, 5.41) is 14.2. The molecule has 0 saturated carbocycles. The molecule has 154 valence electrons. The Morgan fingerprint density at radius 2 is 1.77 bits per heavy atom. The van der Waals surface area contributed by atoms with Crippen molar-refractivity contribution in [1.29, 1.82) is 0 Å². The molecule has 1 aromatic heterocycles. The molecule has 30 heavy (non-hydrogen) atoms. The monoisotopic (exact) mass is 424 g/mol. The summed E-state index contributed by atoms with van der Waals surface area (Å²) in [4.78, 5) is 36.8. The topological polar surface area (TPSA) is 98.5 Å². The number of hydrogen-bond acceptors (Lipinski definition) is 6. The molecule has 8 heteroatoms. The number of nitrogens with one attached hydrogen (secondary N) is 1. The number of nitrogens with zero attached hydrogens (tertiary/aromatic N) is 1. The fourth-order valence-corrected chi connectivity index (χ4v) is 4.19. The summed E-state index contributed by atoms with van der Waals surface area (Å²) >= 11 is 1.26. The molecule has 0 bridgehead atoms. The molecule has 3 rings (SSSR count). The minimum atomic E-state index is -0.560. The van der Waals surface area contributed by atoms with Crippen molar-refractivity contribution in [3.05, 3.63) is 80.2 Å². The maximum absolute atomic E-state index is 12.8. The summed E-state index contributed by atoms with van der Waals surface area (Å²) in [5.74, 6) is -0.884. The molecular weight excluding hydrogens is 404 g/mol. The fourth-order valence-electron chi connectivity index (χ4n) is 3.13. The lowest BCUT2D eigenvalue weighted by molar-refractivity contribution is -0.384. The number of benzene rings is 2. The Hall–Kier alpha value is -3.52. The molecule has 0 fully saturated rings. The van der Waals surface area contributed by atoms with Gasteiger partial charge in [0, 0.05) is 28.1 Å². The van der Waals surface area contributed by atoms with Crippen molar-refractivity contribution in [3.63, 3.8) is 0 Å². The molecule has 1 heterocycles. The minimum Gasteiger partial charge on any atom is -0.462 e. The van der Waals surface area contributed by atoms with E-state index in [9.17, 15) is 19.7 Å². The third-order valence-corrected chi connectivity index (χ3v) is 5.57. The molecule has 7 nitrogen and oxygen atoms in total. The van der Waals surface area contributed by atoms with E-state index in [1.807, 2.05) is 26.0 Å². The number of amides is 1. The highest BCUT2D eigenvalue weighted by atomic mass is 32.1. The number of esters is 1. The van der Waals surface area contributed by atoms with Crippen LogP contribution in [0.15, 0.2) is 48.5 Å². The van der Waals surface area contributed by atoms with Gasteiger partial charge < -0.3 is 10.1 Å². The number of hydrogen-bond donors (Lipinski definition) is 1. The Kier molecular flexibility index (Phi) is 6.27. The van der Waals surface area contributed by atoms with Gasteiger partial charge in [-0.1, -0.05) is 18.2 Å². The molecule has 0 aliphatic heterocycles. The van der Waals surface area contributed by atoms with E-state index in [0.717, 1.165) is 10.4 Å². The lowest BCUT2D eigenvalue weighted by atomic mass is 10.0. The van der Waals surface area contributed by atoms with Crippen LogP contribution in [0.5, 0.6) is 0 Å². The van der Waals surface area contributed by atoms with E-state index in [2.05, 4.69) is 5.32 Å². The van der Waals surface area contributed by atoms with Gasteiger partial charge >= 0.3 is 5.97 Å². The first-order valence-electron chi connectivity index (χ1n) is 9.25. The summed E-state index contributed by atoms with van der Waals surface area (Å²) in [6.45, 7) is 5.55. The molecule has 0 atom stereocenters. The Morgan fingerprint density at radius 3 is 2.37 bits per heavy atom. The molecule has 1 N–H and O–H groups in total. The number of ether oxygens (including phenoxy) is 1. The summed E-state index contributed by atoms with van der Waals surface area (Å²) in [5.41, 5.74) is 2.75. The summed E-state index contributed by atoms with van der Waals surface area (Å²) in [6.07, 6.45) is 0. The van der Waals surface area contributed by atoms with E-state index in [0.29, 0.717) is 21.7 Å². The molecule has 0 aliphatic carbocycles. The molecule has 0 aliphatic rings. The molecule has 1 amide bonds. The van der Waals surface area contributed by atoms with Gasteiger partial charge in [-0.2, -0.15) is 0 Å². The highest BCUT2D eigenvalue weighted by Gasteiger charge is 2.26. The van der Waals surface area contributed by atoms with Crippen molar-refractivity contribution in [1.82, 2.24) is 0 Å². The van der Waals surface area contributed by atoms with Crippen molar-refractivity contribution in [2.24, 2.45) is 0 Å². The van der Waals surface area contributed by atoms with Gasteiger partial charge in [0.05, 0.1) is 11.5 Å². The molecular formula is C22H20N2O5S. The predicted molar refractivity (Wildman–Crippen MR) is 116 cm³/mol. The van der Waals surface area contributed by atoms with E-state index < -0.39 is 10.9 Å². The second-order valence-electron chi connectivity index (χ2n) is 6.53. The van der Waals surface area contributed by atoms with Crippen LogP contribution in [0.1, 0.15) is 38.1 Å². The zero-order valence-electron chi connectivity index (χ0n) is 16.7. The van der Waals surface area contributed by atoms with Crippen molar-refractivity contribution in [3.8, 4) is 11.1 Å². The van der Waals surface area contributed by atoms with Crippen LogP contribution in [-0.4, -0.2) is 23.4 Å². The number of anilines is 1. The Bertz CT molecular complexity index is 1120. The number of nitro benzene ring substituents is 1. The molecule has 0 radical (unpaired) electrons. The first kappa shape index (κ1) is 21.2. The normalized spacial score (nSPS) is 10.5. The zero-order valence-corrected chi connectivity index (χ0v) is 17.5. The van der Waals surface area contributed by atoms with Crippen molar-refractivity contribution in [2.75, 3.05) is 11.9 Å². The summed E-state index contributed by atoms with van der Waals surface area (Å²) in [6, 6.07) is 13.1. The van der Waals surface area contributed by atoms with E-state index in [1.54, 1.807) is 31.2 Å². The van der Waals surface area contributed by atoms with Crippen molar-refractivity contribution < 1.29 is 19.2 Å². The molecule has 3 aromatic rings. The van der Waals surface area contributed by atoms with Gasteiger partial charge in [0.1, 0.15) is 10.6 Å². The first-order valence-corrected chi connectivity index (χ1v) is 10.1. The maximum Gasteiger partial charge on any atom is 0.341 e. The van der Waals surface area contributed by atoms with Gasteiger partial charge in [0.25, 0.3) is 11.6 Å². The average molecular weight is 424 g/mol. The van der Waals surface area contributed by atoms with Crippen LogP contribution >= 0.6 is 11.3 Å². The van der Waals surface area contributed by atoms with Crippen LogP contribution in [0.25, 0.3) is 11.1 Å². The second kappa shape index (κ2) is 8.87. The van der Waals surface area contributed by atoms with Crippen LogP contribution in [0.3, 0.4) is 0 Å². The lowest BCUT2D eigenvalue weighted by Gasteiger charge is -2.10. The van der Waals surface area contributed by atoms with Gasteiger partial charge in [-0.05, 0) is 50.1 Å². The molecule has 0 saturated heterocycles. The third kappa shape index (κ3) is 4.23. The second-order valence-corrected chi connectivity index (χ2v) is 7.76. The van der Waals surface area contributed by atoms with Crippen LogP contribution in [0.4, 0.5) is 10.7 Å². The SMILES string of the molecule is CCOC(=O)c1c(NC(=O)c2ccccc2C)sc(C)c1-c1ccc([N+](=O)[O-])cc1. The predicted octanol–water partition coefficient (Wildman–Crippen LogP) is 5.37. The number of rotatable bonds is 6. The summed E-state index contributed by atoms with van der Waals surface area (Å²) < 4.78 is 5.23. The molecule has 0 spiro atoms. The van der Waals surface area contributed by atoms with Gasteiger partial charge in [0.15, 0.2) is 0 Å². The van der Waals surface area contributed by atoms with Crippen LogP contribution in [0, 0.1) is 24.0 Å². The molecule has 0 unspecified atom stereocenters. The fraction of sp³-hybridized carbons (Fsp3) is 0.182. The van der Waals surface area contributed by atoms with Crippen LogP contribution in [0.2, 0.25) is 0 Å². The van der Waals surface area contributed by atoms with Crippen LogP contribution in [-0.2, 0) is 4.74 Å². The number of carbonyl (C=O) groups is 2. The zero-order chi connectivity index (χ0) is 21.8. The number of non-ortho nitro benzene ring substituents is 1. The first-order chi connectivity index (χ1) is 14.3. The van der Waals surface area contributed by atoms with Gasteiger partial charge in [-0.15, -0.1) is 11.3 Å². The largest absolute Gasteiger partial charge is 0.462 e. The maximum atomic E-state index is 12.8. The molecule has 2 aromatic carbocycles.